The third-order valence-corrected chi connectivity index (χ3v) is 2.82. The minimum atomic E-state index is -4.72. The second kappa shape index (κ2) is 4.58. The fourth-order valence-corrected chi connectivity index (χ4v) is 1.99. The Labute approximate surface area is 101 Å². The molecule has 0 N–H and O–H groups in total. The molecule has 0 aliphatic carbocycles. The smallest absolute Gasteiger partial charge is 0.258 e. The van der Waals surface area contributed by atoms with Gasteiger partial charge < -0.3 is 0 Å². The maximum Gasteiger partial charge on any atom is 0.418 e. The molecule has 0 spiro atoms. The Hall–Kier alpha value is -0.820. The van der Waals surface area contributed by atoms with E-state index in [4.69, 9.17) is 11.6 Å². The van der Waals surface area contributed by atoms with Crippen molar-refractivity contribution in [2.45, 2.75) is 11.5 Å². The van der Waals surface area contributed by atoms with Gasteiger partial charge in [0.1, 0.15) is 5.02 Å². The molecule has 0 amide bonds. The van der Waals surface area contributed by atoms with E-state index in [2.05, 4.69) is 15.9 Å². The van der Waals surface area contributed by atoms with E-state index in [0.717, 1.165) is 12.1 Å². The van der Waals surface area contributed by atoms with E-state index < -0.39 is 27.4 Å². The van der Waals surface area contributed by atoms with Gasteiger partial charge in [-0.2, -0.15) is 13.2 Å². The molecule has 0 atom stereocenters. The van der Waals surface area contributed by atoms with Crippen LogP contribution in [0.25, 0.3) is 0 Å². The van der Waals surface area contributed by atoms with Crippen LogP contribution in [0.5, 0.6) is 0 Å². The Kier molecular flexibility index (Phi) is 3.80. The van der Waals surface area contributed by atoms with Crippen molar-refractivity contribution in [2.24, 2.45) is 0 Å². The van der Waals surface area contributed by atoms with Crippen molar-refractivity contribution in [3.8, 4) is 0 Å². The summed E-state index contributed by atoms with van der Waals surface area (Å²) in [4.78, 5) is 9.49. The summed E-state index contributed by atoms with van der Waals surface area (Å²) in [6.45, 7) is 0. The molecular formula is C8H4BrClF3NO2. The van der Waals surface area contributed by atoms with Crippen LogP contribution in [0, 0.1) is 10.1 Å². The molecule has 0 aliphatic rings. The number of halogens is 5. The molecule has 0 aliphatic heterocycles. The standard InChI is InChI=1S/C8H4BrClF3NO2/c9-3-4-1-2-5(14(15)16)7(10)6(4)8(11,12)13/h1-2H,3H2. The quantitative estimate of drug-likeness (QED) is 0.467. The predicted octanol–water partition coefficient (Wildman–Crippen LogP) is 4.16. The van der Waals surface area contributed by atoms with E-state index in [1.54, 1.807) is 0 Å². The maximum absolute atomic E-state index is 12.6. The van der Waals surface area contributed by atoms with Gasteiger partial charge in [-0.15, -0.1) is 0 Å². The van der Waals surface area contributed by atoms with E-state index in [-0.39, 0.29) is 10.9 Å². The van der Waals surface area contributed by atoms with Gasteiger partial charge in [-0.3, -0.25) is 10.1 Å². The summed E-state index contributed by atoms with van der Waals surface area (Å²) >= 11 is 8.26. The highest BCUT2D eigenvalue weighted by atomic mass is 79.9. The third kappa shape index (κ3) is 2.46. The predicted molar refractivity (Wildman–Crippen MR) is 55.7 cm³/mol. The van der Waals surface area contributed by atoms with Gasteiger partial charge in [0.2, 0.25) is 0 Å². The average Bonchev–Trinajstić information content (AvgIpc) is 2.14. The van der Waals surface area contributed by atoms with Gasteiger partial charge in [0.25, 0.3) is 5.69 Å². The largest absolute Gasteiger partial charge is 0.418 e. The molecule has 0 heterocycles. The second-order valence-corrected chi connectivity index (χ2v) is 3.76. The lowest BCUT2D eigenvalue weighted by Gasteiger charge is -2.12. The molecule has 0 unspecified atom stereocenters. The lowest BCUT2D eigenvalue weighted by atomic mass is 10.1. The molecule has 0 fully saturated rings. The topological polar surface area (TPSA) is 43.1 Å². The van der Waals surface area contributed by atoms with Crippen molar-refractivity contribution in [3.63, 3.8) is 0 Å². The van der Waals surface area contributed by atoms with Crippen LogP contribution in [0.4, 0.5) is 18.9 Å². The first-order valence-electron chi connectivity index (χ1n) is 3.88. The molecule has 1 aromatic carbocycles. The van der Waals surface area contributed by atoms with Crippen molar-refractivity contribution in [1.82, 2.24) is 0 Å². The summed E-state index contributed by atoms with van der Waals surface area (Å²) in [5, 5.41) is 9.48. The van der Waals surface area contributed by atoms with Crippen molar-refractivity contribution in [3.05, 3.63) is 38.4 Å². The van der Waals surface area contributed by atoms with E-state index in [9.17, 15) is 23.3 Å². The summed E-state index contributed by atoms with van der Waals surface area (Å²) in [5.41, 5.74) is -2.05. The van der Waals surface area contributed by atoms with Gasteiger partial charge in [-0.05, 0) is 5.56 Å². The van der Waals surface area contributed by atoms with Crippen molar-refractivity contribution < 1.29 is 18.1 Å². The molecule has 0 radical (unpaired) electrons. The fourth-order valence-electron chi connectivity index (χ4n) is 1.16. The van der Waals surface area contributed by atoms with Crippen LogP contribution in [0.3, 0.4) is 0 Å². The molecule has 1 rings (SSSR count). The molecule has 8 heteroatoms. The Bertz CT molecular complexity index is 436. The van der Waals surface area contributed by atoms with Gasteiger partial charge in [0.15, 0.2) is 0 Å². The normalized spacial score (nSPS) is 11.6. The number of alkyl halides is 4. The zero-order valence-corrected chi connectivity index (χ0v) is 9.86. The van der Waals surface area contributed by atoms with E-state index in [1.807, 2.05) is 0 Å². The van der Waals surface area contributed by atoms with Crippen molar-refractivity contribution in [2.75, 3.05) is 0 Å². The van der Waals surface area contributed by atoms with Crippen LogP contribution < -0.4 is 0 Å². The Morgan fingerprint density at radius 1 is 1.44 bits per heavy atom. The lowest BCUT2D eigenvalue weighted by Crippen LogP contribution is -2.10. The molecule has 0 aromatic heterocycles. The van der Waals surface area contributed by atoms with E-state index in [1.165, 1.54) is 0 Å². The van der Waals surface area contributed by atoms with Crippen LogP contribution >= 0.6 is 27.5 Å². The molecule has 1 aromatic rings. The number of nitro benzene ring substituents is 1. The number of nitrogens with zero attached hydrogens (tertiary/aromatic N) is 1. The van der Waals surface area contributed by atoms with Gasteiger partial charge in [0.05, 0.1) is 10.5 Å². The summed E-state index contributed by atoms with van der Waals surface area (Å²) < 4.78 is 37.8. The molecule has 0 bridgehead atoms. The van der Waals surface area contributed by atoms with E-state index in [0.29, 0.717) is 0 Å². The Morgan fingerprint density at radius 2 is 2.00 bits per heavy atom. The van der Waals surface area contributed by atoms with Crippen LogP contribution in [0.2, 0.25) is 5.02 Å². The minimum absolute atomic E-state index is 0.0838. The highest BCUT2D eigenvalue weighted by Crippen LogP contribution is 2.41. The first-order chi connectivity index (χ1) is 7.29. The first kappa shape index (κ1) is 13.2. The number of hydrogen-bond donors (Lipinski definition) is 0. The lowest BCUT2D eigenvalue weighted by molar-refractivity contribution is -0.385. The SMILES string of the molecule is O=[N+]([O-])c1ccc(CBr)c(C(F)(F)F)c1Cl. The zero-order valence-electron chi connectivity index (χ0n) is 7.52. The van der Waals surface area contributed by atoms with Crippen molar-refractivity contribution >= 4 is 33.2 Å². The molecule has 3 nitrogen and oxygen atoms in total. The summed E-state index contributed by atoms with van der Waals surface area (Å²) in [7, 11) is 0. The van der Waals surface area contributed by atoms with Crippen LogP contribution in [0.1, 0.15) is 11.1 Å². The second-order valence-electron chi connectivity index (χ2n) is 2.82. The molecule has 0 saturated carbocycles. The van der Waals surface area contributed by atoms with Crippen molar-refractivity contribution in [1.29, 1.82) is 0 Å². The number of hydrogen-bond acceptors (Lipinski definition) is 2. The maximum atomic E-state index is 12.6. The van der Waals surface area contributed by atoms with Gasteiger partial charge in [-0.1, -0.05) is 33.6 Å². The molecule has 0 saturated heterocycles. The van der Waals surface area contributed by atoms with Gasteiger partial charge in [-0.25, -0.2) is 0 Å². The summed E-state index contributed by atoms with van der Waals surface area (Å²) in [6, 6.07) is 1.98. The van der Waals surface area contributed by atoms with E-state index >= 15 is 0 Å². The average molecular weight is 318 g/mol. The first-order valence-corrected chi connectivity index (χ1v) is 5.38. The number of rotatable bonds is 2. The molecule has 16 heavy (non-hydrogen) atoms. The number of nitro groups is 1. The summed E-state index contributed by atoms with van der Waals surface area (Å²) in [5.74, 6) is 0. The highest BCUT2D eigenvalue weighted by Gasteiger charge is 2.38. The Balaban J connectivity index is 3.53. The minimum Gasteiger partial charge on any atom is -0.258 e. The van der Waals surface area contributed by atoms with Crippen LogP contribution in [0.15, 0.2) is 12.1 Å². The fraction of sp³-hybridized carbons (Fsp3) is 0.250. The Morgan fingerprint density at radius 3 is 2.38 bits per heavy atom. The monoisotopic (exact) mass is 317 g/mol. The highest BCUT2D eigenvalue weighted by molar-refractivity contribution is 9.08. The third-order valence-electron chi connectivity index (χ3n) is 1.83. The van der Waals surface area contributed by atoms with Crippen LogP contribution in [-0.2, 0) is 11.5 Å². The van der Waals surface area contributed by atoms with Gasteiger partial charge >= 0.3 is 6.18 Å². The van der Waals surface area contributed by atoms with Crippen LogP contribution in [-0.4, -0.2) is 4.92 Å². The van der Waals surface area contributed by atoms with Gasteiger partial charge in [0, 0.05) is 11.4 Å². The zero-order chi connectivity index (χ0) is 12.5. The number of benzene rings is 1. The summed E-state index contributed by atoms with van der Waals surface area (Å²) in [6.07, 6.45) is -4.72. The molecular weight excluding hydrogens is 314 g/mol. The molecule has 88 valence electrons.